The third-order valence-electron chi connectivity index (χ3n) is 2.63. The Balaban J connectivity index is 2.62. The van der Waals surface area contributed by atoms with E-state index < -0.39 is 0 Å². The van der Waals surface area contributed by atoms with Crippen LogP contribution in [-0.2, 0) is 4.74 Å². The zero-order valence-corrected chi connectivity index (χ0v) is 11.8. The summed E-state index contributed by atoms with van der Waals surface area (Å²) >= 11 is 1.87. The summed E-state index contributed by atoms with van der Waals surface area (Å²) in [6, 6.07) is 9.04. The smallest absolute Gasteiger partial charge is 0.0556 e. The minimum atomic E-state index is 0.418. The van der Waals surface area contributed by atoms with Crippen molar-refractivity contribution in [2.75, 3.05) is 26.0 Å². The highest BCUT2D eigenvalue weighted by Crippen LogP contribution is 2.27. The van der Waals surface area contributed by atoms with Crippen LogP contribution in [0.25, 0.3) is 0 Å². The first-order chi connectivity index (χ1) is 8.29. The normalized spacial score (nSPS) is 12.6. The lowest BCUT2D eigenvalue weighted by atomic mass is 10.1. The van der Waals surface area contributed by atoms with Crippen molar-refractivity contribution < 1.29 is 4.74 Å². The average Bonchev–Trinajstić information content (AvgIpc) is 2.37. The number of rotatable bonds is 8. The molecule has 0 saturated carbocycles. The minimum Gasteiger partial charge on any atom is -0.384 e. The standard InChI is InChI=1S/C14H23NOS/c1-4-9-15-12(2)13-7-5-6-8-14(13)17-11-10-16-3/h5-8,12,15H,4,9-11H2,1-3H3. The molecular formula is C14H23NOS. The molecule has 1 aromatic rings. The van der Waals surface area contributed by atoms with E-state index >= 15 is 0 Å². The Bertz CT molecular complexity index is 317. The predicted octanol–water partition coefficient (Wildman–Crippen LogP) is 3.49. The summed E-state index contributed by atoms with van der Waals surface area (Å²) in [7, 11) is 1.75. The van der Waals surface area contributed by atoms with Crippen LogP contribution in [0.1, 0.15) is 31.9 Å². The van der Waals surface area contributed by atoms with Gasteiger partial charge >= 0.3 is 0 Å². The summed E-state index contributed by atoms with van der Waals surface area (Å²) < 4.78 is 5.09. The summed E-state index contributed by atoms with van der Waals surface area (Å²) in [6.07, 6.45) is 1.17. The zero-order valence-electron chi connectivity index (χ0n) is 11.0. The van der Waals surface area contributed by atoms with Gasteiger partial charge in [0.1, 0.15) is 0 Å². The zero-order chi connectivity index (χ0) is 12.5. The number of hydrogen-bond acceptors (Lipinski definition) is 3. The third kappa shape index (κ3) is 5.11. The van der Waals surface area contributed by atoms with E-state index in [1.165, 1.54) is 16.9 Å². The van der Waals surface area contributed by atoms with Crippen molar-refractivity contribution in [1.82, 2.24) is 5.32 Å². The van der Waals surface area contributed by atoms with E-state index in [-0.39, 0.29) is 0 Å². The third-order valence-corrected chi connectivity index (χ3v) is 3.68. The molecule has 0 spiro atoms. The van der Waals surface area contributed by atoms with Gasteiger partial charge in [0.25, 0.3) is 0 Å². The molecular weight excluding hydrogens is 230 g/mol. The van der Waals surface area contributed by atoms with Crippen LogP contribution in [0.2, 0.25) is 0 Å². The molecule has 0 saturated heterocycles. The van der Waals surface area contributed by atoms with Crippen LogP contribution < -0.4 is 5.32 Å². The molecule has 1 N–H and O–H groups in total. The Morgan fingerprint density at radius 2 is 2.12 bits per heavy atom. The van der Waals surface area contributed by atoms with Gasteiger partial charge in [-0.25, -0.2) is 0 Å². The highest BCUT2D eigenvalue weighted by atomic mass is 32.2. The molecule has 0 radical (unpaired) electrons. The lowest BCUT2D eigenvalue weighted by Gasteiger charge is -2.17. The first-order valence-corrected chi connectivity index (χ1v) is 7.22. The second-order valence-electron chi connectivity index (χ2n) is 4.05. The summed E-state index contributed by atoms with van der Waals surface area (Å²) in [5, 5.41) is 3.53. The largest absolute Gasteiger partial charge is 0.384 e. The SMILES string of the molecule is CCCNC(C)c1ccccc1SCCOC. The monoisotopic (exact) mass is 253 g/mol. The van der Waals surface area contributed by atoms with Gasteiger partial charge in [-0.3, -0.25) is 0 Å². The Morgan fingerprint density at radius 1 is 1.35 bits per heavy atom. The van der Waals surface area contributed by atoms with Gasteiger partial charge < -0.3 is 10.1 Å². The number of thioether (sulfide) groups is 1. The maximum absolute atomic E-state index is 5.09. The topological polar surface area (TPSA) is 21.3 Å². The van der Waals surface area contributed by atoms with E-state index in [9.17, 15) is 0 Å². The minimum absolute atomic E-state index is 0.418. The van der Waals surface area contributed by atoms with E-state index in [1.54, 1.807) is 7.11 Å². The van der Waals surface area contributed by atoms with Gasteiger partial charge in [-0.15, -0.1) is 11.8 Å². The number of hydrogen-bond donors (Lipinski definition) is 1. The second kappa shape index (κ2) is 8.56. The van der Waals surface area contributed by atoms with Crippen LogP contribution in [0.15, 0.2) is 29.2 Å². The molecule has 3 heteroatoms. The van der Waals surface area contributed by atoms with Gasteiger partial charge in [-0.2, -0.15) is 0 Å². The molecule has 17 heavy (non-hydrogen) atoms. The van der Waals surface area contributed by atoms with Crippen molar-refractivity contribution in [3.05, 3.63) is 29.8 Å². The molecule has 96 valence electrons. The lowest BCUT2D eigenvalue weighted by molar-refractivity contribution is 0.218. The summed E-state index contributed by atoms with van der Waals surface area (Å²) in [6.45, 7) is 6.29. The molecule has 0 aliphatic heterocycles. The molecule has 1 aromatic carbocycles. The quantitative estimate of drug-likeness (QED) is 0.566. The lowest BCUT2D eigenvalue weighted by Crippen LogP contribution is -2.19. The van der Waals surface area contributed by atoms with Crippen molar-refractivity contribution in [3.63, 3.8) is 0 Å². The van der Waals surface area contributed by atoms with Crippen LogP contribution in [0, 0.1) is 0 Å². The van der Waals surface area contributed by atoms with Crippen LogP contribution in [-0.4, -0.2) is 26.0 Å². The first kappa shape index (κ1) is 14.6. The first-order valence-electron chi connectivity index (χ1n) is 6.23. The molecule has 0 bridgehead atoms. The molecule has 0 heterocycles. The maximum atomic E-state index is 5.09. The Morgan fingerprint density at radius 3 is 2.82 bits per heavy atom. The number of ether oxygens (including phenoxy) is 1. The average molecular weight is 253 g/mol. The fourth-order valence-electron chi connectivity index (χ4n) is 1.68. The van der Waals surface area contributed by atoms with Crippen molar-refractivity contribution in [3.8, 4) is 0 Å². The Hall–Kier alpha value is -0.510. The van der Waals surface area contributed by atoms with Crippen molar-refractivity contribution >= 4 is 11.8 Å². The molecule has 1 rings (SSSR count). The van der Waals surface area contributed by atoms with Gasteiger partial charge in [-0.05, 0) is 31.5 Å². The van der Waals surface area contributed by atoms with Gasteiger partial charge in [0, 0.05) is 23.8 Å². The molecule has 0 aliphatic carbocycles. The Labute approximate surface area is 109 Å². The van der Waals surface area contributed by atoms with Gasteiger partial charge in [0.2, 0.25) is 0 Å². The molecule has 1 atom stereocenters. The summed E-state index contributed by atoms with van der Waals surface area (Å²) in [5.41, 5.74) is 1.39. The van der Waals surface area contributed by atoms with Gasteiger partial charge in [-0.1, -0.05) is 25.1 Å². The van der Waals surface area contributed by atoms with Crippen LogP contribution in [0.3, 0.4) is 0 Å². The van der Waals surface area contributed by atoms with Crippen LogP contribution in [0.4, 0.5) is 0 Å². The van der Waals surface area contributed by atoms with Crippen molar-refractivity contribution in [2.24, 2.45) is 0 Å². The molecule has 1 unspecified atom stereocenters. The predicted molar refractivity (Wildman–Crippen MR) is 75.8 cm³/mol. The summed E-state index contributed by atoms with van der Waals surface area (Å²) in [4.78, 5) is 1.36. The van der Waals surface area contributed by atoms with E-state index in [1.807, 2.05) is 11.8 Å². The molecule has 0 fully saturated rings. The van der Waals surface area contributed by atoms with E-state index in [4.69, 9.17) is 4.74 Å². The number of methoxy groups -OCH3 is 1. The van der Waals surface area contributed by atoms with E-state index in [0.29, 0.717) is 6.04 Å². The fourth-order valence-corrected chi connectivity index (χ4v) is 2.73. The highest BCUT2D eigenvalue weighted by Gasteiger charge is 2.09. The molecule has 0 amide bonds. The maximum Gasteiger partial charge on any atom is 0.0556 e. The van der Waals surface area contributed by atoms with Crippen molar-refractivity contribution in [2.45, 2.75) is 31.2 Å². The molecule has 2 nitrogen and oxygen atoms in total. The summed E-state index contributed by atoms with van der Waals surface area (Å²) in [5.74, 6) is 1.01. The van der Waals surface area contributed by atoms with E-state index in [2.05, 4.69) is 43.4 Å². The van der Waals surface area contributed by atoms with Crippen LogP contribution >= 0.6 is 11.8 Å². The molecule has 0 aromatic heterocycles. The number of nitrogens with one attached hydrogen (secondary N) is 1. The Kier molecular flexibility index (Phi) is 7.33. The second-order valence-corrected chi connectivity index (χ2v) is 5.19. The van der Waals surface area contributed by atoms with Gasteiger partial charge in [0.05, 0.1) is 6.61 Å². The van der Waals surface area contributed by atoms with Gasteiger partial charge in [0.15, 0.2) is 0 Å². The molecule has 0 aliphatic rings. The number of benzene rings is 1. The fraction of sp³-hybridized carbons (Fsp3) is 0.571. The van der Waals surface area contributed by atoms with E-state index in [0.717, 1.165) is 18.9 Å². The van der Waals surface area contributed by atoms with Crippen molar-refractivity contribution in [1.29, 1.82) is 0 Å². The highest BCUT2D eigenvalue weighted by molar-refractivity contribution is 7.99. The van der Waals surface area contributed by atoms with Crippen LogP contribution in [0.5, 0.6) is 0 Å².